The Morgan fingerprint density at radius 2 is 2.25 bits per heavy atom. The van der Waals surface area contributed by atoms with Crippen molar-refractivity contribution in [1.29, 1.82) is 0 Å². The van der Waals surface area contributed by atoms with E-state index in [1.54, 1.807) is 12.1 Å². The minimum absolute atomic E-state index is 0.0101. The summed E-state index contributed by atoms with van der Waals surface area (Å²) in [6, 6.07) is 4.39. The molecule has 0 N–H and O–H groups in total. The zero-order chi connectivity index (χ0) is 9.14. The van der Waals surface area contributed by atoms with Gasteiger partial charge in [-0.25, -0.2) is 4.85 Å². The summed E-state index contributed by atoms with van der Waals surface area (Å²) in [5.74, 6) is 0. The molecule has 0 radical (unpaired) electrons. The molecule has 0 spiro atoms. The van der Waals surface area contributed by atoms with Gasteiger partial charge in [0.15, 0.2) is 5.69 Å². The maximum atomic E-state index is 10.4. The molecule has 1 aromatic rings. The highest BCUT2D eigenvalue weighted by Crippen LogP contribution is 2.25. The molecule has 12 heavy (non-hydrogen) atoms. The highest BCUT2D eigenvalue weighted by Gasteiger charge is 2.11. The largest absolute Gasteiger partial charge is 0.272 e. The van der Waals surface area contributed by atoms with Crippen LogP contribution >= 0.6 is 22.6 Å². The summed E-state index contributed by atoms with van der Waals surface area (Å²) in [6.45, 7) is 6.65. The van der Waals surface area contributed by atoms with Crippen LogP contribution in [0.3, 0.4) is 0 Å². The molecule has 0 heterocycles. The van der Waals surface area contributed by atoms with Crippen LogP contribution in [0.1, 0.15) is 0 Å². The van der Waals surface area contributed by atoms with Crippen LogP contribution in [0.15, 0.2) is 18.2 Å². The van der Waals surface area contributed by atoms with Gasteiger partial charge < -0.3 is 0 Å². The first-order chi connectivity index (χ1) is 5.65. The number of hydrogen-bond acceptors (Lipinski definition) is 2. The molecular formula is C7H3IN2O2. The van der Waals surface area contributed by atoms with E-state index in [1.807, 2.05) is 22.6 Å². The zero-order valence-corrected chi connectivity index (χ0v) is 7.98. The van der Waals surface area contributed by atoms with E-state index >= 15 is 0 Å². The van der Waals surface area contributed by atoms with Gasteiger partial charge in [-0.2, -0.15) is 0 Å². The van der Waals surface area contributed by atoms with Crippen molar-refractivity contribution >= 4 is 34.0 Å². The Labute approximate surface area is 82.3 Å². The normalized spacial score (nSPS) is 9.00. The van der Waals surface area contributed by atoms with Crippen LogP contribution in [0.5, 0.6) is 0 Å². The number of halogens is 1. The fraction of sp³-hybridized carbons (Fsp3) is 0. The van der Waals surface area contributed by atoms with Crippen molar-refractivity contribution in [1.82, 2.24) is 0 Å². The van der Waals surface area contributed by atoms with Crippen molar-refractivity contribution in [3.8, 4) is 0 Å². The molecule has 0 aliphatic rings. The predicted octanol–water partition coefficient (Wildman–Crippen LogP) is 2.75. The Hall–Kier alpha value is -1.16. The fourth-order valence-electron chi connectivity index (χ4n) is 0.711. The first-order valence-electron chi connectivity index (χ1n) is 2.96. The van der Waals surface area contributed by atoms with Crippen molar-refractivity contribution in [2.75, 3.05) is 0 Å². The van der Waals surface area contributed by atoms with E-state index in [-0.39, 0.29) is 5.69 Å². The predicted molar refractivity (Wildman–Crippen MR) is 52.1 cm³/mol. The summed E-state index contributed by atoms with van der Waals surface area (Å²) in [4.78, 5) is 13.0. The summed E-state index contributed by atoms with van der Waals surface area (Å²) in [5, 5.41) is 10.4. The van der Waals surface area contributed by atoms with Crippen molar-refractivity contribution in [2.24, 2.45) is 0 Å². The minimum atomic E-state index is -0.490. The third-order valence-electron chi connectivity index (χ3n) is 1.26. The first-order valence-corrected chi connectivity index (χ1v) is 4.04. The lowest BCUT2D eigenvalue weighted by molar-refractivity contribution is -0.385. The Kier molecular flexibility index (Phi) is 2.60. The molecule has 0 aliphatic heterocycles. The van der Waals surface area contributed by atoms with E-state index in [2.05, 4.69) is 4.85 Å². The van der Waals surface area contributed by atoms with Crippen LogP contribution in [0, 0.1) is 20.3 Å². The van der Waals surface area contributed by atoms with Crippen LogP contribution in [-0.2, 0) is 0 Å². The van der Waals surface area contributed by atoms with E-state index in [0.29, 0.717) is 9.26 Å². The summed E-state index contributed by atoms with van der Waals surface area (Å²) >= 11 is 1.86. The van der Waals surface area contributed by atoms with Gasteiger partial charge in [-0.3, -0.25) is 10.1 Å². The summed E-state index contributed by atoms with van der Waals surface area (Å²) < 4.78 is 0.546. The van der Waals surface area contributed by atoms with Gasteiger partial charge in [-0.15, -0.1) is 0 Å². The van der Waals surface area contributed by atoms with Gasteiger partial charge in [0.25, 0.3) is 5.69 Å². The van der Waals surface area contributed by atoms with E-state index < -0.39 is 4.92 Å². The molecule has 0 bridgehead atoms. The monoisotopic (exact) mass is 274 g/mol. The molecule has 0 atom stereocenters. The maximum absolute atomic E-state index is 10.4. The Bertz CT molecular complexity index is 370. The lowest BCUT2D eigenvalue weighted by Gasteiger charge is -1.94. The molecule has 0 saturated heterocycles. The quantitative estimate of drug-likeness (QED) is 0.342. The van der Waals surface area contributed by atoms with Gasteiger partial charge in [0, 0.05) is 6.07 Å². The van der Waals surface area contributed by atoms with Gasteiger partial charge in [0.2, 0.25) is 0 Å². The van der Waals surface area contributed by atoms with Crippen molar-refractivity contribution in [3.05, 3.63) is 43.3 Å². The number of rotatable bonds is 1. The molecular weight excluding hydrogens is 271 g/mol. The Balaban J connectivity index is 3.28. The number of nitro groups is 1. The molecule has 0 unspecified atom stereocenters. The van der Waals surface area contributed by atoms with Crippen LogP contribution in [0.25, 0.3) is 4.85 Å². The molecule has 60 valence electrons. The Morgan fingerprint density at radius 1 is 1.58 bits per heavy atom. The summed E-state index contributed by atoms with van der Waals surface area (Å²) in [6.07, 6.45) is 0. The van der Waals surface area contributed by atoms with Gasteiger partial charge in [-0.05, 0) is 22.6 Å². The average Bonchev–Trinajstić information content (AvgIpc) is 2.05. The van der Waals surface area contributed by atoms with Gasteiger partial charge >= 0.3 is 0 Å². The lowest BCUT2D eigenvalue weighted by Crippen LogP contribution is -1.89. The molecule has 1 aromatic carbocycles. The first kappa shape index (κ1) is 8.93. The minimum Gasteiger partial charge on any atom is -0.258 e. The van der Waals surface area contributed by atoms with E-state index in [0.717, 1.165) is 0 Å². The average molecular weight is 274 g/mol. The molecule has 1 rings (SSSR count). The fourth-order valence-corrected chi connectivity index (χ4v) is 1.24. The zero-order valence-electron chi connectivity index (χ0n) is 5.82. The molecule has 0 aromatic heterocycles. The molecule has 0 aliphatic carbocycles. The number of benzene rings is 1. The molecule has 0 saturated carbocycles. The third-order valence-corrected chi connectivity index (χ3v) is 2.17. The standard InChI is InChI=1S/C7H3IN2O2/c1-9-5-2-3-6(8)7(4-5)10(11)12/h2-4H. The summed E-state index contributed by atoms with van der Waals surface area (Å²) in [5.41, 5.74) is 0.284. The van der Waals surface area contributed by atoms with Gasteiger partial charge in [0.05, 0.1) is 15.1 Å². The molecule has 0 amide bonds. The van der Waals surface area contributed by atoms with Crippen LogP contribution in [0.2, 0.25) is 0 Å². The second-order valence-corrected chi connectivity index (χ2v) is 3.17. The maximum Gasteiger partial charge on any atom is 0.272 e. The number of nitrogens with zero attached hydrogens (tertiary/aromatic N) is 2. The Morgan fingerprint density at radius 3 is 2.75 bits per heavy atom. The van der Waals surface area contributed by atoms with Gasteiger partial charge in [-0.1, -0.05) is 12.1 Å². The van der Waals surface area contributed by atoms with Crippen molar-refractivity contribution in [3.63, 3.8) is 0 Å². The smallest absolute Gasteiger partial charge is 0.258 e. The second-order valence-electron chi connectivity index (χ2n) is 2.00. The molecule has 4 nitrogen and oxygen atoms in total. The topological polar surface area (TPSA) is 47.5 Å². The second kappa shape index (κ2) is 3.49. The van der Waals surface area contributed by atoms with E-state index in [1.165, 1.54) is 6.07 Å². The van der Waals surface area contributed by atoms with E-state index in [9.17, 15) is 10.1 Å². The summed E-state index contributed by atoms with van der Waals surface area (Å²) in [7, 11) is 0. The lowest BCUT2D eigenvalue weighted by atomic mass is 10.3. The number of hydrogen-bond donors (Lipinski definition) is 0. The third kappa shape index (κ3) is 1.71. The highest BCUT2D eigenvalue weighted by atomic mass is 127. The molecule has 0 fully saturated rings. The molecule has 5 heteroatoms. The highest BCUT2D eigenvalue weighted by molar-refractivity contribution is 14.1. The van der Waals surface area contributed by atoms with E-state index in [4.69, 9.17) is 6.57 Å². The van der Waals surface area contributed by atoms with Crippen LogP contribution in [-0.4, -0.2) is 4.92 Å². The van der Waals surface area contributed by atoms with Crippen LogP contribution in [0.4, 0.5) is 11.4 Å². The van der Waals surface area contributed by atoms with Crippen molar-refractivity contribution in [2.45, 2.75) is 0 Å². The van der Waals surface area contributed by atoms with Crippen molar-refractivity contribution < 1.29 is 4.92 Å². The van der Waals surface area contributed by atoms with Gasteiger partial charge in [0.1, 0.15) is 0 Å². The SMILES string of the molecule is [C-]#[N+]c1ccc(I)c([N+](=O)[O-])c1. The van der Waals surface area contributed by atoms with Crippen LogP contribution < -0.4 is 0 Å². The number of nitro benzene ring substituents is 1.